The van der Waals surface area contributed by atoms with Gasteiger partial charge >= 0.3 is 5.97 Å². The number of esters is 1. The molecule has 0 aliphatic carbocycles. The van der Waals surface area contributed by atoms with E-state index < -0.39 is 41.2 Å². The molecule has 0 aromatic carbocycles. The first-order valence-corrected chi connectivity index (χ1v) is 7.18. The van der Waals surface area contributed by atoms with Crippen molar-refractivity contribution >= 4 is 11.8 Å². The fourth-order valence-electron chi connectivity index (χ4n) is 2.92. The number of aliphatic hydroxyl groups excluding tert-OH is 1. The summed E-state index contributed by atoms with van der Waals surface area (Å²) in [6.45, 7) is 6.77. The van der Waals surface area contributed by atoms with Gasteiger partial charge < -0.3 is 14.6 Å². The van der Waals surface area contributed by atoms with Crippen LogP contribution in [0, 0.1) is 22.7 Å². The molecular formula is C15H21NO5. The SMILES string of the molecule is CCC(C)(C)C(=O)OC1C2CC(C(C)=O)C(C#N)(O2)C1O. The average Bonchev–Trinajstić information content (AvgIpc) is 2.94. The molecule has 0 saturated carbocycles. The smallest absolute Gasteiger partial charge is 0.311 e. The van der Waals surface area contributed by atoms with Gasteiger partial charge in [0.25, 0.3) is 0 Å². The van der Waals surface area contributed by atoms with Gasteiger partial charge in [-0.1, -0.05) is 6.92 Å². The minimum atomic E-state index is -1.59. The molecule has 6 heteroatoms. The predicted octanol–water partition coefficient (Wildman–Crippen LogP) is 0.965. The van der Waals surface area contributed by atoms with E-state index in [0.717, 1.165) is 0 Å². The first kappa shape index (κ1) is 15.9. The summed E-state index contributed by atoms with van der Waals surface area (Å²) in [5, 5.41) is 19.7. The summed E-state index contributed by atoms with van der Waals surface area (Å²) in [7, 11) is 0. The van der Waals surface area contributed by atoms with Crippen LogP contribution in [0.4, 0.5) is 0 Å². The minimum Gasteiger partial charge on any atom is -0.456 e. The number of hydrogen-bond acceptors (Lipinski definition) is 6. The molecule has 0 spiro atoms. The summed E-state index contributed by atoms with van der Waals surface area (Å²) in [6, 6.07) is 1.92. The molecule has 5 atom stereocenters. The van der Waals surface area contributed by atoms with Crippen molar-refractivity contribution in [3.05, 3.63) is 0 Å². The fraction of sp³-hybridized carbons (Fsp3) is 0.800. The highest BCUT2D eigenvalue weighted by Crippen LogP contribution is 2.49. The van der Waals surface area contributed by atoms with Crippen LogP contribution in [0.25, 0.3) is 0 Å². The van der Waals surface area contributed by atoms with Crippen LogP contribution in [0.15, 0.2) is 0 Å². The summed E-state index contributed by atoms with van der Waals surface area (Å²) in [5.41, 5.74) is -2.25. The van der Waals surface area contributed by atoms with Gasteiger partial charge in [-0.15, -0.1) is 0 Å². The largest absolute Gasteiger partial charge is 0.456 e. The van der Waals surface area contributed by atoms with Crippen molar-refractivity contribution in [1.82, 2.24) is 0 Å². The fourth-order valence-corrected chi connectivity index (χ4v) is 2.92. The van der Waals surface area contributed by atoms with Gasteiger partial charge in [0, 0.05) is 0 Å². The molecule has 2 rings (SSSR count). The lowest BCUT2D eigenvalue weighted by Gasteiger charge is -2.33. The number of carbonyl (C=O) groups excluding carboxylic acids is 2. The lowest BCUT2D eigenvalue weighted by atomic mass is 9.74. The van der Waals surface area contributed by atoms with Crippen LogP contribution < -0.4 is 0 Å². The summed E-state index contributed by atoms with van der Waals surface area (Å²) in [6.07, 6.45) is -1.90. The van der Waals surface area contributed by atoms with E-state index in [4.69, 9.17) is 9.47 Å². The standard InChI is InChI=1S/C15H21NO5/c1-5-14(3,4)13(19)20-11-10-6-9(8(2)17)15(7-16,21-10)12(11)18/h9-12,18H,5-6H2,1-4H3. The number of ketones is 1. The molecule has 2 saturated heterocycles. The van der Waals surface area contributed by atoms with Crippen LogP contribution in [-0.2, 0) is 19.1 Å². The summed E-state index contributed by atoms with van der Waals surface area (Å²) >= 11 is 0. The monoisotopic (exact) mass is 295 g/mol. The second-order valence-electron chi connectivity index (χ2n) is 6.51. The van der Waals surface area contributed by atoms with Gasteiger partial charge in [-0.25, -0.2) is 0 Å². The zero-order chi connectivity index (χ0) is 16.0. The van der Waals surface area contributed by atoms with E-state index in [1.54, 1.807) is 13.8 Å². The highest BCUT2D eigenvalue weighted by atomic mass is 16.6. The van der Waals surface area contributed by atoms with Crippen molar-refractivity contribution in [2.24, 2.45) is 11.3 Å². The van der Waals surface area contributed by atoms with Crippen LogP contribution in [0.1, 0.15) is 40.5 Å². The van der Waals surface area contributed by atoms with E-state index in [-0.39, 0.29) is 5.78 Å². The van der Waals surface area contributed by atoms with Gasteiger partial charge in [0.1, 0.15) is 24.1 Å². The topological polar surface area (TPSA) is 96.6 Å². The van der Waals surface area contributed by atoms with Crippen LogP contribution >= 0.6 is 0 Å². The zero-order valence-corrected chi connectivity index (χ0v) is 12.8. The Labute approximate surface area is 124 Å². The molecular weight excluding hydrogens is 274 g/mol. The molecule has 0 amide bonds. The number of ether oxygens (including phenoxy) is 2. The third kappa shape index (κ3) is 2.25. The van der Waals surface area contributed by atoms with Crippen molar-refractivity contribution in [2.75, 3.05) is 0 Å². The van der Waals surface area contributed by atoms with Crippen LogP contribution in [-0.4, -0.2) is 40.8 Å². The Kier molecular flexibility index (Phi) is 3.85. The van der Waals surface area contributed by atoms with Gasteiger partial charge in [0.15, 0.2) is 11.7 Å². The van der Waals surface area contributed by atoms with Crippen molar-refractivity contribution in [2.45, 2.75) is 64.4 Å². The molecule has 5 unspecified atom stereocenters. The molecule has 6 nitrogen and oxygen atoms in total. The Morgan fingerprint density at radius 1 is 1.52 bits per heavy atom. The molecule has 2 aliphatic heterocycles. The lowest BCUT2D eigenvalue weighted by Crippen LogP contribution is -2.54. The van der Waals surface area contributed by atoms with Crippen molar-refractivity contribution in [1.29, 1.82) is 5.26 Å². The Balaban J connectivity index is 2.20. The third-order valence-electron chi connectivity index (χ3n) is 4.79. The van der Waals surface area contributed by atoms with E-state index >= 15 is 0 Å². The van der Waals surface area contributed by atoms with Crippen molar-refractivity contribution in [3.8, 4) is 6.07 Å². The predicted molar refractivity (Wildman–Crippen MR) is 72.0 cm³/mol. The third-order valence-corrected chi connectivity index (χ3v) is 4.79. The second kappa shape index (κ2) is 5.08. The molecule has 2 bridgehead atoms. The Hall–Kier alpha value is -1.45. The highest BCUT2D eigenvalue weighted by molar-refractivity contribution is 5.81. The maximum atomic E-state index is 12.1. The van der Waals surface area contributed by atoms with Crippen molar-refractivity contribution in [3.63, 3.8) is 0 Å². The Morgan fingerprint density at radius 2 is 2.14 bits per heavy atom. The normalized spacial score (nSPS) is 38.1. The molecule has 2 fully saturated rings. The summed E-state index contributed by atoms with van der Waals surface area (Å²) in [5.74, 6) is -1.30. The van der Waals surface area contributed by atoms with Gasteiger partial charge in [-0.2, -0.15) is 5.26 Å². The first-order valence-electron chi connectivity index (χ1n) is 7.18. The number of nitrogens with zero attached hydrogens (tertiary/aromatic N) is 1. The number of fused-ring (bicyclic) bond motifs is 2. The van der Waals surface area contributed by atoms with Crippen LogP contribution in [0.2, 0.25) is 0 Å². The Morgan fingerprint density at radius 3 is 2.62 bits per heavy atom. The van der Waals surface area contributed by atoms with Crippen molar-refractivity contribution < 1.29 is 24.2 Å². The maximum Gasteiger partial charge on any atom is 0.311 e. The van der Waals surface area contributed by atoms with E-state index in [2.05, 4.69) is 0 Å². The van der Waals surface area contributed by atoms with E-state index in [1.165, 1.54) is 6.92 Å². The molecule has 2 aliphatic rings. The quantitative estimate of drug-likeness (QED) is 0.776. The number of hydrogen-bond donors (Lipinski definition) is 1. The molecule has 116 valence electrons. The van der Waals surface area contributed by atoms with Gasteiger partial charge in [0.05, 0.1) is 11.3 Å². The van der Waals surface area contributed by atoms with Crippen LogP contribution in [0.5, 0.6) is 0 Å². The number of carbonyl (C=O) groups is 2. The van der Waals surface area contributed by atoms with E-state index in [0.29, 0.717) is 12.8 Å². The minimum absolute atomic E-state index is 0.197. The number of nitriles is 1. The van der Waals surface area contributed by atoms with Gasteiger partial charge in [0.2, 0.25) is 0 Å². The molecule has 0 radical (unpaired) electrons. The molecule has 0 aromatic heterocycles. The highest BCUT2D eigenvalue weighted by Gasteiger charge is 2.68. The van der Waals surface area contributed by atoms with Gasteiger partial charge in [-0.3, -0.25) is 9.59 Å². The molecule has 0 aromatic rings. The lowest BCUT2D eigenvalue weighted by molar-refractivity contribution is -0.168. The summed E-state index contributed by atoms with van der Waals surface area (Å²) in [4.78, 5) is 23.8. The zero-order valence-electron chi connectivity index (χ0n) is 12.8. The summed E-state index contributed by atoms with van der Waals surface area (Å²) < 4.78 is 10.9. The second-order valence-corrected chi connectivity index (χ2v) is 6.51. The molecule has 21 heavy (non-hydrogen) atoms. The average molecular weight is 295 g/mol. The number of rotatable bonds is 4. The van der Waals surface area contributed by atoms with E-state index in [9.17, 15) is 20.0 Å². The Bertz CT molecular complexity index is 509. The number of Topliss-reactive ketones (excluding diaryl/α,β-unsaturated/α-hetero) is 1. The molecule has 1 N–H and O–H groups in total. The van der Waals surface area contributed by atoms with Crippen LogP contribution in [0.3, 0.4) is 0 Å². The van der Waals surface area contributed by atoms with E-state index in [1.807, 2.05) is 13.0 Å². The molecule has 2 heterocycles. The van der Waals surface area contributed by atoms with Gasteiger partial charge in [-0.05, 0) is 33.6 Å². The first-order chi connectivity index (χ1) is 9.69. The number of aliphatic hydroxyl groups is 1. The maximum absolute atomic E-state index is 12.1.